The largest absolute Gasteiger partial charge is 0.349 e. The minimum atomic E-state index is -3.77. The van der Waals surface area contributed by atoms with Gasteiger partial charge >= 0.3 is 0 Å². The fraction of sp³-hybridized carbons (Fsp3) is 0.409. The van der Waals surface area contributed by atoms with Crippen LogP contribution in [-0.2, 0) is 10.0 Å². The number of amides is 1. The summed E-state index contributed by atoms with van der Waals surface area (Å²) in [5.74, 6) is -0.197. The van der Waals surface area contributed by atoms with E-state index in [0.717, 1.165) is 24.0 Å². The van der Waals surface area contributed by atoms with Crippen molar-refractivity contribution >= 4 is 21.6 Å². The maximum atomic E-state index is 13.0. The van der Waals surface area contributed by atoms with Crippen LogP contribution < -0.4 is 10.0 Å². The number of benzene rings is 2. The van der Waals surface area contributed by atoms with Gasteiger partial charge in [-0.05, 0) is 69.4 Å². The second-order valence-electron chi connectivity index (χ2n) is 7.35. The van der Waals surface area contributed by atoms with Gasteiger partial charge in [0.15, 0.2) is 0 Å². The van der Waals surface area contributed by atoms with E-state index >= 15 is 0 Å². The van der Waals surface area contributed by atoms with Gasteiger partial charge in [-0.3, -0.25) is 9.52 Å². The zero-order valence-electron chi connectivity index (χ0n) is 17.5. The Kier molecular flexibility index (Phi) is 6.88. The molecule has 2 rings (SSSR count). The SMILES string of the molecule is CCC(CC)NC(=O)c1ccc(C)c(NS(=O)(=O)c2c(C)cc(C)cc2C)c1. The van der Waals surface area contributed by atoms with Gasteiger partial charge in [0.1, 0.15) is 0 Å². The molecule has 0 spiro atoms. The third-order valence-electron chi connectivity index (χ3n) is 4.94. The molecule has 0 heterocycles. The Balaban J connectivity index is 2.37. The molecule has 5 nitrogen and oxygen atoms in total. The summed E-state index contributed by atoms with van der Waals surface area (Å²) in [5, 5.41) is 2.98. The van der Waals surface area contributed by atoms with Gasteiger partial charge in [0.05, 0.1) is 10.6 Å². The van der Waals surface area contributed by atoms with E-state index in [0.29, 0.717) is 22.4 Å². The molecule has 0 fully saturated rings. The van der Waals surface area contributed by atoms with E-state index < -0.39 is 10.0 Å². The Hall–Kier alpha value is -2.34. The van der Waals surface area contributed by atoms with Gasteiger partial charge in [0, 0.05) is 11.6 Å². The molecule has 152 valence electrons. The second-order valence-corrected chi connectivity index (χ2v) is 8.97. The Morgan fingerprint density at radius 2 is 1.50 bits per heavy atom. The fourth-order valence-corrected chi connectivity index (χ4v) is 5.00. The summed E-state index contributed by atoms with van der Waals surface area (Å²) in [6.07, 6.45) is 1.69. The lowest BCUT2D eigenvalue weighted by Crippen LogP contribution is -2.33. The maximum absolute atomic E-state index is 13.0. The van der Waals surface area contributed by atoms with E-state index in [1.54, 1.807) is 32.0 Å². The molecule has 0 radical (unpaired) electrons. The highest BCUT2D eigenvalue weighted by Gasteiger charge is 2.21. The number of anilines is 1. The van der Waals surface area contributed by atoms with Crippen molar-refractivity contribution < 1.29 is 13.2 Å². The molecule has 2 N–H and O–H groups in total. The standard InChI is InChI=1S/C22H30N2O3S/c1-7-19(8-2)23-22(25)18-10-9-15(4)20(13-18)24-28(26,27)21-16(5)11-14(3)12-17(21)6/h9-13,19,24H,7-8H2,1-6H3,(H,23,25). The number of carbonyl (C=O) groups is 1. The third-order valence-corrected chi connectivity index (χ3v) is 6.61. The lowest BCUT2D eigenvalue weighted by atomic mass is 10.1. The molecule has 0 unspecified atom stereocenters. The highest BCUT2D eigenvalue weighted by Crippen LogP contribution is 2.26. The third kappa shape index (κ3) is 4.93. The minimum absolute atomic E-state index is 0.104. The van der Waals surface area contributed by atoms with Crippen molar-refractivity contribution in [3.05, 3.63) is 58.1 Å². The molecule has 0 aliphatic rings. The van der Waals surface area contributed by atoms with Gasteiger partial charge in [-0.25, -0.2) is 8.42 Å². The highest BCUT2D eigenvalue weighted by atomic mass is 32.2. The topological polar surface area (TPSA) is 75.3 Å². The summed E-state index contributed by atoms with van der Waals surface area (Å²) in [5.41, 5.74) is 4.02. The van der Waals surface area contributed by atoms with Gasteiger partial charge in [-0.2, -0.15) is 0 Å². The number of hydrogen-bond donors (Lipinski definition) is 2. The van der Waals surface area contributed by atoms with Crippen molar-refractivity contribution in [3.63, 3.8) is 0 Å². The van der Waals surface area contributed by atoms with Crippen LogP contribution in [0.3, 0.4) is 0 Å². The zero-order valence-corrected chi connectivity index (χ0v) is 18.3. The smallest absolute Gasteiger partial charge is 0.262 e. The Bertz CT molecular complexity index is 954. The normalized spacial score (nSPS) is 11.5. The van der Waals surface area contributed by atoms with Crippen LogP contribution in [0.1, 0.15) is 59.3 Å². The first-order chi connectivity index (χ1) is 13.1. The Morgan fingerprint density at radius 1 is 0.929 bits per heavy atom. The predicted octanol–water partition coefficient (Wildman–Crippen LogP) is 4.64. The molecule has 2 aromatic carbocycles. The number of sulfonamides is 1. The van der Waals surface area contributed by atoms with Gasteiger partial charge in [0.2, 0.25) is 0 Å². The van der Waals surface area contributed by atoms with Gasteiger partial charge in [-0.1, -0.05) is 37.6 Å². The quantitative estimate of drug-likeness (QED) is 0.708. The van der Waals surface area contributed by atoms with Crippen LogP contribution in [0.5, 0.6) is 0 Å². The number of hydrogen-bond acceptors (Lipinski definition) is 3. The van der Waals surface area contributed by atoms with Gasteiger partial charge in [0.25, 0.3) is 15.9 Å². The lowest BCUT2D eigenvalue weighted by Gasteiger charge is -2.17. The van der Waals surface area contributed by atoms with Gasteiger partial charge < -0.3 is 5.32 Å². The van der Waals surface area contributed by atoms with Crippen molar-refractivity contribution in [3.8, 4) is 0 Å². The molecule has 6 heteroatoms. The van der Waals surface area contributed by atoms with E-state index in [1.165, 1.54) is 0 Å². The molecule has 28 heavy (non-hydrogen) atoms. The van der Waals surface area contributed by atoms with E-state index in [2.05, 4.69) is 10.0 Å². The summed E-state index contributed by atoms with van der Waals surface area (Å²) < 4.78 is 28.8. The molecular formula is C22H30N2O3S. The maximum Gasteiger partial charge on any atom is 0.262 e. The van der Waals surface area contributed by atoms with Crippen LogP contribution in [0.4, 0.5) is 5.69 Å². The first kappa shape index (κ1) is 22.0. The van der Waals surface area contributed by atoms with E-state index in [-0.39, 0.29) is 16.8 Å². The van der Waals surface area contributed by atoms with Crippen molar-refractivity contribution in [2.45, 2.75) is 65.3 Å². The van der Waals surface area contributed by atoms with E-state index in [1.807, 2.05) is 39.8 Å². The minimum Gasteiger partial charge on any atom is -0.349 e. The van der Waals surface area contributed by atoms with Crippen LogP contribution in [0, 0.1) is 27.7 Å². The molecule has 0 aliphatic carbocycles. The second kappa shape index (κ2) is 8.78. The molecule has 0 saturated heterocycles. The first-order valence-electron chi connectivity index (χ1n) is 9.61. The highest BCUT2D eigenvalue weighted by molar-refractivity contribution is 7.92. The van der Waals surface area contributed by atoms with Crippen LogP contribution >= 0.6 is 0 Å². The average molecular weight is 403 g/mol. The molecule has 1 amide bonds. The number of nitrogens with one attached hydrogen (secondary N) is 2. The molecule has 0 aromatic heterocycles. The van der Waals surface area contributed by atoms with Crippen molar-refractivity contribution in [1.82, 2.24) is 5.32 Å². The Labute approximate surface area is 168 Å². The summed E-state index contributed by atoms with van der Waals surface area (Å²) in [4.78, 5) is 12.8. The average Bonchev–Trinajstić information content (AvgIpc) is 2.59. The van der Waals surface area contributed by atoms with Crippen LogP contribution in [-0.4, -0.2) is 20.4 Å². The summed E-state index contributed by atoms with van der Waals surface area (Å²) in [6.45, 7) is 11.4. The molecule has 2 aromatic rings. The summed E-state index contributed by atoms with van der Waals surface area (Å²) in [6, 6.07) is 8.89. The molecular weight excluding hydrogens is 372 g/mol. The number of aryl methyl sites for hydroxylation is 4. The first-order valence-corrected chi connectivity index (χ1v) is 11.1. The summed E-state index contributed by atoms with van der Waals surface area (Å²) >= 11 is 0. The molecule has 0 aliphatic heterocycles. The van der Waals surface area contributed by atoms with E-state index in [4.69, 9.17) is 0 Å². The molecule has 0 saturated carbocycles. The lowest BCUT2D eigenvalue weighted by molar-refractivity contribution is 0.0935. The molecule has 0 bridgehead atoms. The predicted molar refractivity (Wildman–Crippen MR) is 114 cm³/mol. The van der Waals surface area contributed by atoms with Crippen molar-refractivity contribution in [1.29, 1.82) is 0 Å². The molecule has 0 atom stereocenters. The van der Waals surface area contributed by atoms with Crippen LogP contribution in [0.2, 0.25) is 0 Å². The summed E-state index contributed by atoms with van der Waals surface area (Å²) in [7, 11) is -3.77. The van der Waals surface area contributed by atoms with Crippen LogP contribution in [0.25, 0.3) is 0 Å². The van der Waals surface area contributed by atoms with Crippen molar-refractivity contribution in [2.24, 2.45) is 0 Å². The van der Waals surface area contributed by atoms with Gasteiger partial charge in [-0.15, -0.1) is 0 Å². The number of rotatable bonds is 7. The Morgan fingerprint density at radius 3 is 2.04 bits per heavy atom. The zero-order chi connectivity index (χ0) is 21.1. The van der Waals surface area contributed by atoms with E-state index in [9.17, 15) is 13.2 Å². The fourth-order valence-electron chi connectivity index (χ4n) is 3.42. The van der Waals surface area contributed by atoms with Crippen molar-refractivity contribution in [2.75, 3.05) is 4.72 Å². The van der Waals surface area contributed by atoms with Crippen LogP contribution in [0.15, 0.2) is 35.2 Å². The monoisotopic (exact) mass is 402 g/mol. The number of carbonyl (C=O) groups excluding carboxylic acids is 1.